The van der Waals surface area contributed by atoms with E-state index >= 15 is 0 Å². The Morgan fingerprint density at radius 1 is 1.33 bits per heavy atom. The van der Waals surface area contributed by atoms with Gasteiger partial charge in [-0.05, 0) is 30.7 Å². The molecular weight excluding hydrogens is 366 g/mol. The number of ketones is 1. The summed E-state index contributed by atoms with van der Waals surface area (Å²) in [5.41, 5.74) is -0.498. The molecule has 1 heterocycles. The molecule has 0 N–H and O–H groups in total. The van der Waals surface area contributed by atoms with E-state index in [4.69, 9.17) is 0 Å². The third kappa shape index (κ3) is 4.20. The molecule has 140 valence electrons. The molecule has 2 rings (SSSR count). The lowest BCUT2D eigenvalue weighted by Gasteiger charge is -2.15. The monoisotopic (exact) mass is 385 g/mol. The van der Waals surface area contributed by atoms with Gasteiger partial charge in [-0.1, -0.05) is 20.8 Å². The number of rotatable bonds is 4. The Labute approximate surface area is 159 Å². The highest BCUT2D eigenvalue weighted by Gasteiger charge is 2.27. The molecule has 27 heavy (non-hydrogen) atoms. The van der Waals surface area contributed by atoms with Gasteiger partial charge in [0, 0.05) is 24.1 Å². The number of aromatic nitrogens is 1. The van der Waals surface area contributed by atoms with Crippen LogP contribution in [0, 0.1) is 26.9 Å². The minimum Gasteiger partial charge on any atom is -0.298 e. The topological polar surface area (TPSA) is 106 Å². The molecule has 0 fully saturated rings. The predicted molar refractivity (Wildman–Crippen MR) is 104 cm³/mol. The second kappa shape index (κ2) is 7.68. The largest absolute Gasteiger partial charge is 0.298 e. The van der Waals surface area contributed by atoms with Gasteiger partial charge in [0.05, 0.1) is 9.46 Å². The van der Waals surface area contributed by atoms with Gasteiger partial charge in [-0.25, -0.2) is 0 Å². The van der Waals surface area contributed by atoms with Gasteiger partial charge >= 0.3 is 0 Å². The van der Waals surface area contributed by atoms with Gasteiger partial charge in [0.1, 0.15) is 16.3 Å². The minimum absolute atomic E-state index is 0.0326. The van der Waals surface area contributed by atoms with Crippen LogP contribution in [0.4, 0.5) is 5.69 Å². The fraction of sp³-hybridized carbons (Fsp3) is 0.316. The van der Waals surface area contributed by atoms with Crippen molar-refractivity contribution in [1.82, 2.24) is 4.57 Å². The average molecular weight is 385 g/mol. The molecule has 0 radical (unpaired) electrons. The number of Topliss-reactive ketones (excluding diaryl/α,β-unsaturated/α-hetero) is 1. The fourth-order valence-electron chi connectivity index (χ4n) is 2.41. The maximum Gasteiger partial charge on any atom is 0.269 e. The Hall–Kier alpha value is -3.05. The molecule has 0 aliphatic carbocycles. The molecule has 2 aromatic rings. The Bertz CT molecular complexity index is 1110. The van der Waals surface area contributed by atoms with Crippen LogP contribution in [0.15, 0.2) is 29.1 Å². The van der Waals surface area contributed by atoms with Gasteiger partial charge in [-0.2, -0.15) is 5.26 Å². The third-order valence-electron chi connectivity index (χ3n) is 3.86. The zero-order valence-electron chi connectivity index (χ0n) is 15.5. The first-order valence-corrected chi connectivity index (χ1v) is 9.06. The number of carbonyl (C=O) groups is 1. The number of carbonyl (C=O) groups excluding carboxylic acids is 1. The van der Waals surface area contributed by atoms with Crippen LogP contribution in [0.3, 0.4) is 0 Å². The van der Waals surface area contributed by atoms with E-state index in [0.29, 0.717) is 21.3 Å². The van der Waals surface area contributed by atoms with Gasteiger partial charge in [-0.15, -0.1) is 11.3 Å². The normalized spacial score (nSPS) is 13.2. The minimum atomic E-state index is -0.744. The van der Waals surface area contributed by atoms with Gasteiger partial charge in [-0.3, -0.25) is 24.3 Å². The third-order valence-corrected chi connectivity index (χ3v) is 4.99. The molecule has 1 aromatic heterocycles. The van der Waals surface area contributed by atoms with Crippen LogP contribution in [-0.4, -0.2) is 15.3 Å². The first-order chi connectivity index (χ1) is 12.6. The number of nitriles is 1. The van der Waals surface area contributed by atoms with Crippen LogP contribution >= 0.6 is 11.3 Å². The summed E-state index contributed by atoms with van der Waals surface area (Å²) in [6, 6.07) is 7.75. The lowest BCUT2D eigenvalue weighted by Crippen LogP contribution is -2.33. The quantitative estimate of drug-likeness (QED) is 0.591. The van der Waals surface area contributed by atoms with Crippen LogP contribution in [-0.2, 0) is 11.3 Å². The number of hydrogen-bond donors (Lipinski definition) is 0. The Balaban J connectivity index is 2.74. The molecule has 0 unspecified atom stereocenters. The van der Waals surface area contributed by atoms with E-state index in [1.54, 1.807) is 45.9 Å². The molecule has 0 spiro atoms. The smallest absolute Gasteiger partial charge is 0.269 e. The van der Waals surface area contributed by atoms with Gasteiger partial charge in [0.15, 0.2) is 5.78 Å². The summed E-state index contributed by atoms with van der Waals surface area (Å²) < 4.78 is 2.10. The molecule has 0 aliphatic heterocycles. The van der Waals surface area contributed by atoms with Crippen molar-refractivity contribution in [3.63, 3.8) is 0 Å². The van der Waals surface area contributed by atoms with Crippen molar-refractivity contribution >= 4 is 34.5 Å². The van der Waals surface area contributed by atoms with Crippen molar-refractivity contribution in [1.29, 1.82) is 5.26 Å². The molecule has 0 atom stereocenters. The zero-order valence-corrected chi connectivity index (χ0v) is 16.3. The number of benzene rings is 1. The fourth-order valence-corrected chi connectivity index (χ4v) is 3.57. The first-order valence-electron chi connectivity index (χ1n) is 8.25. The lowest BCUT2D eigenvalue weighted by atomic mass is 9.87. The van der Waals surface area contributed by atoms with E-state index in [1.807, 2.05) is 6.07 Å². The summed E-state index contributed by atoms with van der Waals surface area (Å²) in [6.07, 6.45) is 1.60. The Kier molecular flexibility index (Phi) is 5.76. The SMILES string of the molecule is CCn1c(=O)/c(=C/c2ccc([N+](=O)[O-])cc2)s/c1=C(/C#N)C(=O)C(C)(C)C. The van der Waals surface area contributed by atoms with Crippen LogP contribution in [0.1, 0.15) is 33.3 Å². The van der Waals surface area contributed by atoms with E-state index in [0.717, 1.165) is 11.3 Å². The van der Waals surface area contributed by atoms with E-state index in [1.165, 1.54) is 16.7 Å². The van der Waals surface area contributed by atoms with Crippen molar-refractivity contribution in [3.8, 4) is 6.07 Å². The number of nitro benzene ring substituents is 1. The predicted octanol–water partition coefficient (Wildman–Crippen LogP) is 1.96. The Morgan fingerprint density at radius 2 is 1.93 bits per heavy atom. The van der Waals surface area contributed by atoms with E-state index in [-0.39, 0.29) is 22.6 Å². The van der Waals surface area contributed by atoms with Crippen LogP contribution < -0.4 is 14.8 Å². The highest BCUT2D eigenvalue weighted by molar-refractivity contribution is 7.07. The summed E-state index contributed by atoms with van der Waals surface area (Å²) in [6.45, 7) is 7.25. The highest BCUT2D eigenvalue weighted by atomic mass is 32.1. The van der Waals surface area contributed by atoms with Crippen molar-refractivity contribution in [2.24, 2.45) is 5.41 Å². The molecule has 0 saturated carbocycles. The average Bonchev–Trinajstić information content (AvgIpc) is 2.90. The summed E-state index contributed by atoms with van der Waals surface area (Å²) in [7, 11) is 0. The summed E-state index contributed by atoms with van der Waals surface area (Å²) in [5.74, 6) is -0.324. The molecular formula is C19H19N3O4S. The molecule has 1 aromatic carbocycles. The number of nitrogens with zero attached hydrogens (tertiary/aromatic N) is 3. The van der Waals surface area contributed by atoms with Gasteiger partial charge in [0.2, 0.25) is 0 Å². The van der Waals surface area contributed by atoms with E-state index in [2.05, 4.69) is 0 Å². The summed E-state index contributed by atoms with van der Waals surface area (Å²) in [5, 5.41) is 20.3. The van der Waals surface area contributed by atoms with Gasteiger partial charge < -0.3 is 0 Å². The van der Waals surface area contributed by atoms with Crippen LogP contribution in [0.5, 0.6) is 0 Å². The van der Waals surface area contributed by atoms with E-state index in [9.17, 15) is 25.0 Å². The zero-order chi connectivity index (χ0) is 20.4. The second-order valence-corrected chi connectivity index (χ2v) is 7.91. The van der Waals surface area contributed by atoms with Crippen molar-refractivity contribution < 1.29 is 9.72 Å². The molecule has 7 nitrogen and oxygen atoms in total. The van der Waals surface area contributed by atoms with Crippen molar-refractivity contribution in [2.75, 3.05) is 0 Å². The maximum atomic E-state index is 12.7. The molecule has 0 aliphatic rings. The number of hydrogen-bond acceptors (Lipinski definition) is 6. The molecule has 0 amide bonds. The standard InChI is InChI=1S/C19H19N3O4S/c1-5-21-17(24)15(10-12-6-8-13(9-7-12)22(25)26)27-18(21)14(11-20)16(23)19(2,3)4/h6-10H,5H2,1-4H3/b15-10-,18-14-. The number of nitro groups is 1. The Morgan fingerprint density at radius 3 is 2.37 bits per heavy atom. The van der Waals surface area contributed by atoms with Crippen LogP contribution in [0.2, 0.25) is 0 Å². The van der Waals surface area contributed by atoms with Gasteiger partial charge in [0.25, 0.3) is 11.2 Å². The molecule has 0 saturated heterocycles. The highest BCUT2D eigenvalue weighted by Crippen LogP contribution is 2.19. The van der Waals surface area contributed by atoms with Crippen LogP contribution in [0.25, 0.3) is 11.6 Å². The number of non-ortho nitro benzene ring substituents is 1. The first kappa shape index (κ1) is 20.3. The second-order valence-electron chi connectivity index (χ2n) is 6.88. The van der Waals surface area contributed by atoms with Crippen molar-refractivity contribution in [2.45, 2.75) is 34.2 Å². The lowest BCUT2D eigenvalue weighted by molar-refractivity contribution is -0.384. The molecule has 8 heteroatoms. The summed E-state index contributed by atoms with van der Waals surface area (Å²) in [4.78, 5) is 35.5. The number of thiazole rings is 1. The summed E-state index contributed by atoms with van der Waals surface area (Å²) >= 11 is 1.07. The molecule has 0 bridgehead atoms. The van der Waals surface area contributed by atoms with Crippen molar-refractivity contribution in [3.05, 3.63) is 59.5 Å². The maximum absolute atomic E-state index is 12.7. The van der Waals surface area contributed by atoms with E-state index < -0.39 is 10.3 Å².